The van der Waals surface area contributed by atoms with Gasteiger partial charge in [0.25, 0.3) is 0 Å². The first-order valence-corrected chi connectivity index (χ1v) is 5.99. The van der Waals surface area contributed by atoms with Crippen LogP contribution in [0.15, 0.2) is 0 Å². The third kappa shape index (κ3) is 1.67. The topological polar surface area (TPSA) is 17.1 Å². The zero-order valence-electron chi connectivity index (χ0n) is 7.08. The lowest BCUT2D eigenvalue weighted by atomic mass is 10.0. The minimum Gasteiger partial charge on any atom is -0.287 e. The number of carbonyl (C=O) groups excluding carboxylic acids is 1. The molecule has 0 saturated heterocycles. The Bertz CT molecular complexity index is 195. The minimum atomic E-state index is 0.0322. The summed E-state index contributed by atoms with van der Waals surface area (Å²) in [4.78, 5) is 10.7. The van der Waals surface area contributed by atoms with Crippen molar-refractivity contribution in [2.45, 2.75) is 36.9 Å². The Morgan fingerprint density at radius 3 is 2.58 bits per heavy atom. The van der Waals surface area contributed by atoms with Gasteiger partial charge in [-0.1, -0.05) is 0 Å². The molecule has 0 atom stereocenters. The highest BCUT2D eigenvalue weighted by Gasteiger charge is 2.45. The second kappa shape index (κ2) is 3.26. The van der Waals surface area contributed by atoms with Gasteiger partial charge in [-0.05, 0) is 38.0 Å². The molecule has 68 valence electrons. The largest absolute Gasteiger partial charge is 0.287 e. The molecule has 0 aromatic carbocycles. The first-order valence-electron chi connectivity index (χ1n) is 4.56. The van der Waals surface area contributed by atoms with Crippen molar-refractivity contribution in [2.75, 3.05) is 5.75 Å². The minimum absolute atomic E-state index is 0.0322. The molecule has 12 heavy (non-hydrogen) atoms. The van der Waals surface area contributed by atoms with Crippen LogP contribution in [-0.2, 0) is 4.79 Å². The summed E-state index contributed by atoms with van der Waals surface area (Å²) in [5.74, 6) is 1.59. The van der Waals surface area contributed by atoms with Crippen LogP contribution >= 0.6 is 24.4 Å². The molecule has 1 nitrogen and oxygen atoms in total. The Hall–Kier alpha value is 0.370. The Morgan fingerprint density at radius 1 is 1.50 bits per heavy atom. The summed E-state index contributed by atoms with van der Waals surface area (Å²) in [7, 11) is 0. The van der Waals surface area contributed by atoms with E-state index in [0.717, 1.165) is 5.92 Å². The average Bonchev–Trinajstić information content (AvgIpc) is 2.60. The van der Waals surface area contributed by atoms with E-state index in [4.69, 9.17) is 0 Å². The van der Waals surface area contributed by atoms with Gasteiger partial charge in [-0.3, -0.25) is 4.79 Å². The first kappa shape index (κ1) is 8.95. The molecule has 0 radical (unpaired) electrons. The second-order valence-corrected chi connectivity index (χ2v) is 5.96. The van der Waals surface area contributed by atoms with E-state index in [0.29, 0.717) is 10.5 Å². The molecule has 2 aliphatic carbocycles. The number of hydrogen-bond donors (Lipinski definition) is 1. The SMILES string of the molecule is O=C(S)CSC12CCC(CC1)C2. The van der Waals surface area contributed by atoms with Crippen molar-refractivity contribution in [3.8, 4) is 0 Å². The number of fused-ring (bicyclic) bond motifs is 2. The van der Waals surface area contributed by atoms with Gasteiger partial charge < -0.3 is 0 Å². The van der Waals surface area contributed by atoms with Crippen molar-refractivity contribution in [2.24, 2.45) is 5.92 Å². The molecule has 0 heterocycles. The highest BCUT2D eigenvalue weighted by atomic mass is 32.2. The molecule has 0 N–H and O–H groups in total. The maximum absolute atomic E-state index is 10.7. The Morgan fingerprint density at radius 2 is 2.17 bits per heavy atom. The van der Waals surface area contributed by atoms with Gasteiger partial charge in [0, 0.05) is 4.75 Å². The van der Waals surface area contributed by atoms with Crippen LogP contribution in [0.25, 0.3) is 0 Å². The van der Waals surface area contributed by atoms with E-state index >= 15 is 0 Å². The summed E-state index contributed by atoms with van der Waals surface area (Å²) >= 11 is 5.66. The van der Waals surface area contributed by atoms with Crippen molar-refractivity contribution in [1.29, 1.82) is 0 Å². The lowest BCUT2D eigenvalue weighted by Gasteiger charge is -2.24. The fraction of sp³-hybridized carbons (Fsp3) is 0.889. The molecule has 0 spiro atoms. The Kier molecular flexibility index (Phi) is 2.43. The highest BCUT2D eigenvalue weighted by molar-refractivity contribution is 8.05. The molecule has 3 heteroatoms. The normalized spacial score (nSPS) is 38.9. The van der Waals surface area contributed by atoms with Crippen molar-refractivity contribution in [3.05, 3.63) is 0 Å². The van der Waals surface area contributed by atoms with Gasteiger partial charge in [0.1, 0.15) is 0 Å². The smallest absolute Gasteiger partial charge is 0.195 e. The summed E-state index contributed by atoms with van der Waals surface area (Å²) in [5.41, 5.74) is 0. The maximum atomic E-state index is 10.7. The predicted octanol–water partition coefficient (Wildman–Crippen LogP) is 2.51. The maximum Gasteiger partial charge on any atom is 0.195 e. The fourth-order valence-electron chi connectivity index (χ4n) is 2.56. The van der Waals surface area contributed by atoms with Crippen molar-refractivity contribution in [1.82, 2.24) is 0 Å². The van der Waals surface area contributed by atoms with Gasteiger partial charge in [0.05, 0.1) is 5.75 Å². The monoisotopic (exact) mass is 202 g/mol. The summed E-state index contributed by atoms with van der Waals surface area (Å²) in [5, 5.41) is 0.0322. The molecule has 0 aromatic heterocycles. The van der Waals surface area contributed by atoms with Gasteiger partial charge in [-0.25, -0.2) is 0 Å². The molecule has 2 fully saturated rings. The van der Waals surface area contributed by atoms with E-state index in [1.165, 1.54) is 32.1 Å². The van der Waals surface area contributed by atoms with E-state index in [-0.39, 0.29) is 5.12 Å². The lowest BCUT2D eigenvalue weighted by molar-refractivity contribution is -0.108. The van der Waals surface area contributed by atoms with Crippen LogP contribution in [0.4, 0.5) is 0 Å². The van der Waals surface area contributed by atoms with Gasteiger partial charge in [0.15, 0.2) is 5.12 Å². The number of hydrogen-bond acceptors (Lipinski definition) is 2. The Labute approximate surface area is 83.1 Å². The summed E-state index contributed by atoms with van der Waals surface area (Å²) in [6, 6.07) is 0. The molecule has 0 unspecified atom stereocenters. The van der Waals surface area contributed by atoms with Gasteiger partial charge in [0.2, 0.25) is 0 Å². The molecule has 2 bridgehead atoms. The number of thioether (sulfide) groups is 1. The first-order chi connectivity index (χ1) is 5.70. The van der Waals surface area contributed by atoms with Gasteiger partial charge in [-0.2, -0.15) is 0 Å². The van der Waals surface area contributed by atoms with E-state index in [2.05, 4.69) is 12.6 Å². The van der Waals surface area contributed by atoms with Gasteiger partial charge >= 0.3 is 0 Å². The standard InChI is InChI=1S/C9H14OS2/c10-8(11)6-12-9-3-1-7(5-9)2-4-9/h7H,1-6H2,(H,10,11). The van der Waals surface area contributed by atoms with Crippen LogP contribution in [0.5, 0.6) is 0 Å². The molecule has 2 aliphatic rings. The van der Waals surface area contributed by atoms with E-state index in [1.807, 2.05) is 11.8 Å². The molecule has 0 aliphatic heterocycles. The highest BCUT2D eigenvalue weighted by Crippen LogP contribution is 2.55. The zero-order valence-corrected chi connectivity index (χ0v) is 8.79. The van der Waals surface area contributed by atoms with Crippen molar-refractivity contribution in [3.63, 3.8) is 0 Å². The van der Waals surface area contributed by atoms with Crippen LogP contribution in [0.2, 0.25) is 0 Å². The quantitative estimate of drug-likeness (QED) is 0.708. The third-order valence-corrected chi connectivity index (χ3v) is 5.14. The van der Waals surface area contributed by atoms with Crippen LogP contribution in [0.1, 0.15) is 32.1 Å². The van der Waals surface area contributed by atoms with Crippen LogP contribution in [0.3, 0.4) is 0 Å². The molecule has 0 aromatic rings. The second-order valence-electron chi connectivity index (χ2n) is 4.01. The Balaban J connectivity index is 1.90. The van der Waals surface area contributed by atoms with Gasteiger partial charge in [-0.15, -0.1) is 24.4 Å². The third-order valence-electron chi connectivity index (χ3n) is 3.18. The number of carbonyl (C=O) groups is 1. The van der Waals surface area contributed by atoms with Crippen LogP contribution in [0, 0.1) is 5.92 Å². The summed E-state index contributed by atoms with van der Waals surface area (Å²) < 4.78 is 0.489. The van der Waals surface area contributed by atoms with Crippen LogP contribution < -0.4 is 0 Å². The molecule has 2 saturated carbocycles. The van der Waals surface area contributed by atoms with E-state index in [1.54, 1.807) is 0 Å². The van der Waals surface area contributed by atoms with Crippen molar-refractivity contribution < 1.29 is 4.79 Å². The molecular formula is C9H14OS2. The summed E-state index contributed by atoms with van der Waals surface area (Å²) in [6.45, 7) is 0. The number of thiol groups is 1. The van der Waals surface area contributed by atoms with E-state index < -0.39 is 0 Å². The lowest BCUT2D eigenvalue weighted by Crippen LogP contribution is -2.18. The molecular weight excluding hydrogens is 188 g/mol. The molecule has 0 amide bonds. The number of rotatable bonds is 3. The van der Waals surface area contributed by atoms with E-state index in [9.17, 15) is 4.79 Å². The zero-order chi connectivity index (χ0) is 8.60. The summed E-state index contributed by atoms with van der Waals surface area (Å²) in [6.07, 6.45) is 6.83. The average molecular weight is 202 g/mol. The predicted molar refractivity (Wildman–Crippen MR) is 55.8 cm³/mol. The van der Waals surface area contributed by atoms with Crippen LogP contribution in [-0.4, -0.2) is 15.6 Å². The molecule has 2 rings (SSSR count). The fourth-order valence-corrected chi connectivity index (χ4v) is 4.06. The van der Waals surface area contributed by atoms with Crippen molar-refractivity contribution >= 4 is 29.5 Å².